The Morgan fingerprint density at radius 2 is 1.65 bits per heavy atom. The summed E-state index contributed by atoms with van der Waals surface area (Å²) in [5.74, 6) is 0.0136. The maximum absolute atomic E-state index is 12.2. The van der Waals surface area contributed by atoms with Crippen LogP contribution >= 0.6 is 31.9 Å². The molecule has 0 amide bonds. The summed E-state index contributed by atoms with van der Waals surface area (Å²) in [6.45, 7) is 0. The molecule has 0 saturated heterocycles. The van der Waals surface area contributed by atoms with E-state index in [1.165, 1.54) is 6.07 Å². The molecule has 17 heavy (non-hydrogen) atoms. The Bertz CT molecular complexity index is 565. The molecule has 2 aromatic rings. The summed E-state index contributed by atoms with van der Waals surface area (Å²) in [4.78, 5) is 12.2. The first-order chi connectivity index (χ1) is 8.09. The molecular formula is C13H8Br2O2. The fourth-order valence-corrected chi connectivity index (χ4v) is 2.31. The number of carbonyl (C=O) groups excluding carboxylic acids is 1. The number of benzene rings is 2. The van der Waals surface area contributed by atoms with E-state index in [0.717, 1.165) is 0 Å². The van der Waals surface area contributed by atoms with Gasteiger partial charge in [-0.1, -0.05) is 30.3 Å². The number of aromatic hydroxyl groups is 1. The SMILES string of the molecule is O=C(c1ccccc1)c1cc(Br)c(O)cc1Br. The summed E-state index contributed by atoms with van der Waals surface area (Å²) in [5, 5.41) is 9.49. The summed E-state index contributed by atoms with van der Waals surface area (Å²) in [6, 6.07) is 12.1. The molecule has 0 aliphatic rings. The Labute approximate surface area is 116 Å². The molecule has 0 radical (unpaired) electrons. The predicted molar refractivity (Wildman–Crippen MR) is 73.4 cm³/mol. The summed E-state index contributed by atoms with van der Waals surface area (Å²) in [7, 11) is 0. The van der Waals surface area contributed by atoms with E-state index in [0.29, 0.717) is 20.1 Å². The molecule has 86 valence electrons. The molecule has 0 bridgehead atoms. The van der Waals surface area contributed by atoms with E-state index in [9.17, 15) is 9.90 Å². The number of halogens is 2. The van der Waals surface area contributed by atoms with Crippen LogP contribution < -0.4 is 0 Å². The van der Waals surface area contributed by atoms with Crippen LogP contribution in [0.25, 0.3) is 0 Å². The molecule has 0 aliphatic heterocycles. The van der Waals surface area contributed by atoms with Crippen LogP contribution in [0.1, 0.15) is 15.9 Å². The van der Waals surface area contributed by atoms with E-state index in [1.54, 1.807) is 18.2 Å². The Balaban J connectivity index is 2.48. The maximum atomic E-state index is 12.2. The van der Waals surface area contributed by atoms with Gasteiger partial charge in [0.05, 0.1) is 4.47 Å². The van der Waals surface area contributed by atoms with Gasteiger partial charge >= 0.3 is 0 Å². The van der Waals surface area contributed by atoms with Gasteiger partial charge in [-0.05, 0) is 44.0 Å². The smallest absolute Gasteiger partial charge is 0.194 e. The van der Waals surface area contributed by atoms with Crippen molar-refractivity contribution in [3.05, 3.63) is 62.5 Å². The van der Waals surface area contributed by atoms with Gasteiger partial charge in [0.2, 0.25) is 0 Å². The van der Waals surface area contributed by atoms with Gasteiger partial charge in [-0.15, -0.1) is 0 Å². The molecule has 0 aromatic heterocycles. The first kappa shape index (κ1) is 12.3. The summed E-state index contributed by atoms with van der Waals surface area (Å²) in [5.41, 5.74) is 1.13. The van der Waals surface area contributed by atoms with Gasteiger partial charge < -0.3 is 5.11 Å². The average molecular weight is 356 g/mol. The van der Waals surface area contributed by atoms with Crippen LogP contribution in [-0.4, -0.2) is 10.9 Å². The molecule has 1 N–H and O–H groups in total. The second-order valence-corrected chi connectivity index (χ2v) is 5.19. The zero-order valence-electron chi connectivity index (χ0n) is 8.65. The van der Waals surface area contributed by atoms with E-state index < -0.39 is 0 Å². The maximum Gasteiger partial charge on any atom is 0.194 e. The number of rotatable bonds is 2. The minimum Gasteiger partial charge on any atom is -0.507 e. The number of hydrogen-bond acceptors (Lipinski definition) is 2. The number of hydrogen-bond donors (Lipinski definition) is 1. The first-order valence-corrected chi connectivity index (χ1v) is 6.46. The quantitative estimate of drug-likeness (QED) is 0.821. The van der Waals surface area contributed by atoms with Gasteiger partial charge in [0.1, 0.15) is 5.75 Å². The molecule has 0 aliphatic carbocycles. The summed E-state index contributed by atoms with van der Waals surface area (Å²) in [6.07, 6.45) is 0. The Hall–Kier alpha value is -1.13. The molecule has 0 saturated carbocycles. The van der Waals surface area contributed by atoms with Crippen molar-refractivity contribution in [1.82, 2.24) is 0 Å². The summed E-state index contributed by atoms with van der Waals surface area (Å²) < 4.78 is 1.08. The van der Waals surface area contributed by atoms with E-state index in [2.05, 4.69) is 31.9 Å². The molecule has 0 heterocycles. The van der Waals surface area contributed by atoms with Crippen LogP contribution in [0, 0.1) is 0 Å². The van der Waals surface area contributed by atoms with Crippen LogP contribution in [-0.2, 0) is 0 Å². The average Bonchev–Trinajstić information content (AvgIpc) is 2.34. The van der Waals surface area contributed by atoms with Gasteiger partial charge in [0.15, 0.2) is 5.78 Å². The number of phenolic OH excluding ortho intramolecular Hbond substituents is 1. The second kappa shape index (κ2) is 5.02. The highest BCUT2D eigenvalue weighted by Gasteiger charge is 2.14. The third-order valence-electron chi connectivity index (χ3n) is 2.32. The highest BCUT2D eigenvalue weighted by Crippen LogP contribution is 2.31. The molecule has 4 heteroatoms. The number of carbonyl (C=O) groups is 1. The van der Waals surface area contributed by atoms with Crippen molar-refractivity contribution in [2.75, 3.05) is 0 Å². The molecule has 2 rings (SSSR count). The van der Waals surface area contributed by atoms with Crippen molar-refractivity contribution in [2.45, 2.75) is 0 Å². The first-order valence-electron chi connectivity index (χ1n) is 4.87. The zero-order chi connectivity index (χ0) is 12.4. The van der Waals surface area contributed by atoms with Crippen molar-refractivity contribution < 1.29 is 9.90 Å². The lowest BCUT2D eigenvalue weighted by atomic mass is 10.0. The van der Waals surface area contributed by atoms with Gasteiger partial charge in [-0.25, -0.2) is 0 Å². The number of ketones is 1. The Morgan fingerprint density at radius 1 is 1.00 bits per heavy atom. The standard InChI is InChI=1S/C13H8Br2O2/c14-10-7-12(16)11(15)6-9(10)13(17)8-4-2-1-3-5-8/h1-7,16H. The van der Waals surface area contributed by atoms with Crippen molar-refractivity contribution in [1.29, 1.82) is 0 Å². The minimum atomic E-state index is -0.0850. The highest BCUT2D eigenvalue weighted by atomic mass is 79.9. The largest absolute Gasteiger partial charge is 0.507 e. The molecule has 0 spiro atoms. The molecule has 0 atom stereocenters. The van der Waals surface area contributed by atoms with E-state index in [-0.39, 0.29) is 11.5 Å². The second-order valence-electron chi connectivity index (χ2n) is 3.48. The Kier molecular flexibility index (Phi) is 3.64. The van der Waals surface area contributed by atoms with Crippen LogP contribution in [0.15, 0.2) is 51.4 Å². The van der Waals surface area contributed by atoms with E-state index in [1.807, 2.05) is 18.2 Å². The summed E-state index contributed by atoms with van der Waals surface area (Å²) >= 11 is 6.48. The third kappa shape index (κ3) is 2.58. The minimum absolute atomic E-state index is 0.0850. The van der Waals surface area contributed by atoms with Crippen LogP contribution in [0.2, 0.25) is 0 Å². The predicted octanol–water partition coefficient (Wildman–Crippen LogP) is 4.15. The van der Waals surface area contributed by atoms with Crippen molar-refractivity contribution in [3.63, 3.8) is 0 Å². The van der Waals surface area contributed by atoms with Crippen molar-refractivity contribution in [2.24, 2.45) is 0 Å². The van der Waals surface area contributed by atoms with Gasteiger partial charge in [-0.3, -0.25) is 4.79 Å². The van der Waals surface area contributed by atoms with Crippen molar-refractivity contribution in [3.8, 4) is 5.75 Å². The monoisotopic (exact) mass is 354 g/mol. The van der Waals surface area contributed by atoms with Gasteiger partial charge in [-0.2, -0.15) is 0 Å². The fourth-order valence-electron chi connectivity index (χ4n) is 1.46. The molecular weight excluding hydrogens is 348 g/mol. The van der Waals surface area contributed by atoms with Gasteiger partial charge in [0, 0.05) is 15.6 Å². The molecule has 0 unspecified atom stereocenters. The number of phenols is 1. The zero-order valence-corrected chi connectivity index (χ0v) is 11.8. The molecule has 0 fully saturated rings. The lowest BCUT2D eigenvalue weighted by molar-refractivity contribution is 0.103. The normalized spacial score (nSPS) is 10.2. The fraction of sp³-hybridized carbons (Fsp3) is 0. The third-order valence-corrected chi connectivity index (χ3v) is 3.61. The van der Waals surface area contributed by atoms with Crippen molar-refractivity contribution >= 4 is 37.6 Å². The molecule has 2 nitrogen and oxygen atoms in total. The lowest BCUT2D eigenvalue weighted by Crippen LogP contribution is -2.02. The molecule has 2 aromatic carbocycles. The highest BCUT2D eigenvalue weighted by molar-refractivity contribution is 9.11. The van der Waals surface area contributed by atoms with E-state index in [4.69, 9.17) is 0 Å². The lowest BCUT2D eigenvalue weighted by Gasteiger charge is -2.06. The van der Waals surface area contributed by atoms with Crippen LogP contribution in [0.5, 0.6) is 5.75 Å². The van der Waals surface area contributed by atoms with E-state index >= 15 is 0 Å². The Morgan fingerprint density at radius 3 is 2.29 bits per heavy atom. The van der Waals surface area contributed by atoms with Gasteiger partial charge in [0.25, 0.3) is 0 Å². The van der Waals surface area contributed by atoms with Crippen LogP contribution in [0.3, 0.4) is 0 Å². The van der Waals surface area contributed by atoms with Crippen LogP contribution in [0.4, 0.5) is 0 Å². The topological polar surface area (TPSA) is 37.3 Å².